The van der Waals surface area contributed by atoms with E-state index in [0.717, 1.165) is 23.3 Å². The lowest BCUT2D eigenvalue weighted by atomic mass is 9.91. The molecule has 0 heterocycles. The molecule has 0 aromatic heterocycles. The molecular weight excluding hydrogens is 407 g/mol. The summed E-state index contributed by atoms with van der Waals surface area (Å²) in [6.07, 6.45) is -4.49. The minimum absolute atomic E-state index is 0.0573. The van der Waals surface area contributed by atoms with E-state index in [1.54, 1.807) is 26.8 Å². The first-order valence-corrected chi connectivity index (χ1v) is 10.2. The Morgan fingerprint density at radius 1 is 1.10 bits per heavy atom. The van der Waals surface area contributed by atoms with Crippen molar-refractivity contribution in [3.05, 3.63) is 58.7 Å². The molecule has 168 valence electrons. The molecule has 0 bridgehead atoms. The Balaban J connectivity index is 2.61. The molecule has 31 heavy (non-hydrogen) atoms. The number of ether oxygens (including phenoxy) is 1. The van der Waals surface area contributed by atoms with E-state index >= 15 is 0 Å². The second kappa shape index (κ2) is 9.98. The van der Waals surface area contributed by atoms with Crippen molar-refractivity contribution in [3.63, 3.8) is 0 Å². The lowest BCUT2D eigenvalue weighted by Gasteiger charge is -2.22. The second-order valence-corrected chi connectivity index (χ2v) is 7.51. The number of esters is 1. The van der Waals surface area contributed by atoms with Crippen LogP contribution in [0.3, 0.4) is 0 Å². The average molecular weight is 435 g/mol. The average Bonchev–Trinajstić information content (AvgIpc) is 2.70. The molecule has 0 saturated heterocycles. The molecule has 0 saturated carbocycles. The van der Waals surface area contributed by atoms with Gasteiger partial charge in [-0.1, -0.05) is 29.8 Å². The van der Waals surface area contributed by atoms with Gasteiger partial charge in [-0.2, -0.15) is 13.2 Å². The van der Waals surface area contributed by atoms with Crippen LogP contribution in [-0.2, 0) is 27.0 Å². The summed E-state index contributed by atoms with van der Waals surface area (Å²) < 4.78 is 45.1. The molecule has 2 rings (SSSR count). The summed E-state index contributed by atoms with van der Waals surface area (Å²) >= 11 is 0. The van der Waals surface area contributed by atoms with Crippen LogP contribution in [0.4, 0.5) is 13.2 Å². The van der Waals surface area contributed by atoms with E-state index in [2.05, 4.69) is 0 Å². The zero-order chi connectivity index (χ0) is 23.3. The molecule has 1 amide bonds. The Bertz CT molecular complexity index is 954. The highest BCUT2D eigenvalue weighted by Gasteiger charge is 2.31. The minimum Gasteiger partial charge on any atom is -0.466 e. The molecule has 0 fully saturated rings. The second-order valence-electron chi connectivity index (χ2n) is 7.51. The molecule has 0 spiro atoms. The van der Waals surface area contributed by atoms with Gasteiger partial charge in [0.25, 0.3) is 0 Å². The van der Waals surface area contributed by atoms with Gasteiger partial charge in [0.2, 0.25) is 5.91 Å². The van der Waals surface area contributed by atoms with Gasteiger partial charge in [0.15, 0.2) is 0 Å². The number of alkyl halides is 3. The molecule has 4 nitrogen and oxygen atoms in total. The third-order valence-electron chi connectivity index (χ3n) is 5.17. The van der Waals surface area contributed by atoms with Gasteiger partial charge < -0.3 is 9.64 Å². The fourth-order valence-corrected chi connectivity index (χ4v) is 3.46. The van der Waals surface area contributed by atoms with Crippen molar-refractivity contribution in [1.29, 1.82) is 0 Å². The number of amides is 1. The topological polar surface area (TPSA) is 46.6 Å². The predicted molar refractivity (Wildman–Crippen MR) is 113 cm³/mol. The van der Waals surface area contributed by atoms with Crippen LogP contribution in [0.1, 0.15) is 55.9 Å². The number of hydrogen-bond acceptors (Lipinski definition) is 3. The van der Waals surface area contributed by atoms with Crippen LogP contribution in [0, 0.1) is 6.92 Å². The molecule has 0 N–H and O–H groups in total. The fourth-order valence-electron chi connectivity index (χ4n) is 3.46. The largest absolute Gasteiger partial charge is 0.466 e. The smallest absolute Gasteiger partial charge is 0.416 e. The van der Waals surface area contributed by atoms with Gasteiger partial charge in [-0.25, -0.2) is 0 Å². The van der Waals surface area contributed by atoms with E-state index in [1.165, 1.54) is 17.9 Å². The lowest BCUT2D eigenvalue weighted by molar-refractivity contribution is -0.144. The number of aryl methyl sites for hydroxylation is 1. The number of benzene rings is 2. The third-order valence-corrected chi connectivity index (χ3v) is 5.17. The molecule has 1 unspecified atom stereocenters. The van der Waals surface area contributed by atoms with Crippen molar-refractivity contribution in [2.75, 3.05) is 13.2 Å². The number of rotatable bonds is 7. The van der Waals surface area contributed by atoms with Crippen LogP contribution >= 0.6 is 0 Å². The first-order valence-electron chi connectivity index (χ1n) is 10.2. The molecule has 2 aromatic rings. The number of halogens is 3. The molecule has 0 radical (unpaired) electrons. The number of hydrogen-bond donors (Lipinski definition) is 0. The van der Waals surface area contributed by atoms with Gasteiger partial charge in [0.05, 0.1) is 18.1 Å². The Kier molecular flexibility index (Phi) is 7.87. The number of carbonyl (C=O) groups is 2. The maximum Gasteiger partial charge on any atom is 0.416 e. The van der Waals surface area contributed by atoms with E-state index < -0.39 is 17.7 Å². The van der Waals surface area contributed by atoms with Crippen LogP contribution in [0.5, 0.6) is 0 Å². The van der Waals surface area contributed by atoms with E-state index in [1.807, 2.05) is 19.1 Å². The number of nitrogens with zero attached hydrogens (tertiary/aromatic N) is 1. The van der Waals surface area contributed by atoms with Gasteiger partial charge in [-0.3, -0.25) is 9.59 Å². The maximum absolute atomic E-state index is 13.3. The van der Waals surface area contributed by atoms with Gasteiger partial charge in [0, 0.05) is 20.0 Å². The van der Waals surface area contributed by atoms with Crippen LogP contribution in [0.25, 0.3) is 11.1 Å². The van der Waals surface area contributed by atoms with Crippen LogP contribution in [0.15, 0.2) is 36.4 Å². The first kappa shape index (κ1) is 24.4. The summed E-state index contributed by atoms with van der Waals surface area (Å²) in [6, 6.07) is 9.09. The van der Waals surface area contributed by atoms with Crippen LogP contribution < -0.4 is 0 Å². The third kappa shape index (κ3) is 6.09. The fraction of sp³-hybridized carbons (Fsp3) is 0.417. The summed E-state index contributed by atoms with van der Waals surface area (Å²) in [5.41, 5.74) is 2.50. The van der Waals surface area contributed by atoms with Crippen molar-refractivity contribution in [3.8, 4) is 11.1 Å². The Morgan fingerprint density at radius 3 is 2.32 bits per heavy atom. The van der Waals surface area contributed by atoms with Crippen molar-refractivity contribution >= 4 is 11.9 Å². The Hall–Kier alpha value is -2.83. The summed E-state index contributed by atoms with van der Waals surface area (Å²) in [7, 11) is 0. The van der Waals surface area contributed by atoms with Gasteiger partial charge in [0.1, 0.15) is 0 Å². The number of carbonyl (C=O) groups excluding carboxylic acids is 2. The molecule has 7 heteroatoms. The SMILES string of the molecule is CCOC(=O)C(C)c1cc(C)cc(-c2ccc(C(F)(F)F)cc2CN(CC)C(C)=O)c1. The zero-order valence-electron chi connectivity index (χ0n) is 18.5. The Labute approximate surface area is 181 Å². The Morgan fingerprint density at radius 2 is 1.77 bits per heavy atom. The van der Waals surface area contributed by atoms with Gasteiger partial charge in [-0.15, -0.1) is 0 Å². The summed E-state index contributed by atoms with van der Waals surface area (Å²) in [5, 5.41) is 0. The van der Waals surface area contributed by atoms with E-state index in [0.29, 0.717) is 23.2 Å². The van der Waals surface area contributed by atoms with Gasteiger partial charge >= 0.3 is 12.1 Å². The monoisotopic (exact) mass is 435 g/mol. The molecule has 2 aromatic carbocycles. The highest BCUT2D eigenvalue weighted by Crippen LogP contribution is 2.35. The minimum atomic E-state index is -4.49. The molecule has 0 aliphatic heterocycles. The van der Waals surface area contributed by atoms with E-state index in [-0.39, 0.29) is 25.0 Å². The highest BCUT2D eigenvalue weighted by molar-refractivity contribution is 5.79. The first-order chi connectivity index (χ1) is 14.5. The molecule has 1 atom stereocenters. The maximum atomic E-state index is 13.3. The lowest BCUT2D eigenvalue weighted by Crippen LogP contribution is -2.28. The van der Waals surface area contributed by atoms with Crippen molar-refractivity contribution < 1.29 is 27.5 Å². The van der Waals surface area contributed by atoms with Crippen molar-refractivity contribution in [2.24, 2.45) is 0 Å². The quantitative estimate of drug-likeness (QED) is 0.523. The normalized spacial score (nSPS) is 12.4. The summed E-state index contributed by atoms with van der Waals surface area (Å²) in [4.78, 5) is 25.6. The summed E-state index contributed by atoms with van der Waals surface area (Å²) in [6.45, 7) is 9.20. The van der Waals surface area contributed by atoms with Crippen LogP contribution in [0.2, 0.25) is 0 Å². The predicted octanol–water partition coefficient (Wildman–Crippen LogP) is 5.72. The molecular formula is C24H28F3NO3. The standard InChI is InChI=1S/C24H28F3NO3/c1-6-28(17(5)29)14-20-13-21(24(25,26)27)8-9-22(20)19-11-15(3)10-18(12-19)16(4)23(30)31-7-2/h8-13,16H,6-7,14H2,1-5H3. The zero-order valence-corrected chi connectivity index (χ0v) is 18.5. The molecule has 0 aliphatic carbocycles. The highest BCUT2D eigenvalue weighted by atomic mass is 19.4. The van der Waals surface area contributed by atoms with Crippen molar-refractivity contribution in [2.45, 2.75) is 53.3 Å². The van der Waals surface area contributed by atoms with E-state index in [4.69, 9.17) is 4.74 Å². The van der Waals surface area contributed by atoms with E-state index in [9.17, 15) is 22.8 Å². The van der Waals surface area contributed by atoms with Crippen LogP contribution in [-0.4, -0.2) is 29.9 Å². The van der Waals surface area contributed by atoms with Gasteiger partial charge in [-0.05, 0) is 62.1 Å². The summed E-state index contributed by atoms with van der Waals surface area (Å²) in [5.74, 6) is -1.09. The van der Waals surface area contributed by atoms with Crippen molar-refractivity contribution in [1.82, 2.24) is 4.90 Å². The molecule has 0 aliphatic rings.